The van der Waals surface area contributed by atoms with Gasteiger partial charge in [0.05, 0.1) is 24.3 Å². The maximum atomic E-state index is 12.2. The summed E-state index contributed by atoms with van der Waals surface area (Å²) in [6, 6.07) is 6.64. The molecule has 4 nitrogen and oxygen atoms in total. The standard InChI is InChI=1S/C20H29ClO4/c1-2-3-15-24-19(22)17-12-8-9-13-18(17)20(23)25-16-11-7-5-4-6-10-14-21/h8-9,12-13H,2-7,10-11,14-16H2,1H3. The number of hydrogen-bond acceptors (Lipinski definition) is 4. The molecular formula is C20H29ClO4. The Morgan fingerprint density at radius 2 is 1.28 bits per heavy atom. The molecule has 0 N–H and O–H groups in total. The minimum atomic E-state index is -0.472. The molecule has 0 saturated heterocycles. The normalized spacial score (nSPS) is 10.5. The van der Waals surface area contributed by atoms with Crippen LogP contribution in [0.2, 0.25) is 0 Å². The van der Waals surface area contributed by atoms with Gasteiger partial charge in [0.25, 0.3) is 0 Å². The van der Waals surface area contributed by atoms with Crippen LogP contribution >= 0.6 is 11.6 Å². The average molecular weight is 369 g/mol. The maximum absolute atomic E-state index is 12.2. The monoisotopic (exact) mass is 368 g/mol. The molecule has 1 aromatic carbocycles. The number of unbranched alkanes of at least 4 members (excludes halogenated alkanes) is 6. The Morgan fingerprint density at radius 3 is 1.80 bits per heavy atom. The van der Waals surface area contributed by atoms with Crippen molar-refractivity contribution in [2.45, 2.75) is 58.3 Å². The third-order valence-electron chi connectivity index (χ3n) is 3.86. The lowest BCUT2D eigenvalue weighted by atomic mass is 10.1. The summed E-state index contributed by atoms with van der Waals surface area (Å²) in [6.07, 6.45) is 8.10. The summed E-state index contributed by atoms with van der Waals surface area (Å²) in [6.45, 7) is 2.76. The van der Waals surface area contributed by atoms with E-state index in [1.807, 2.05) is 6.92 Å². The zero-order chi connectivity index (χ0) is 18.3. The molecule has 0 amide bonds. The van der Waals surface area contributed by atoms with E-state index in [9.17, 15) is 9.59 Å². The van der Waals surface area contributed by atoms with Gasteiger partial charge in [0.1, 0.15) is 0 Å². The van der Waals surface area contributed by atoms with Crippen LogP contribution in [0.5, 0.6) is 0 Å². The molecule has 0 aromatic heterocycles. The van der Waals surface area contributed by atoms with E-state index in [0.717, 1.165) is 57.2 Å². The number of rotatable bonds is 13. The molecule has 140 valence electrons. The van der Waals surface area contributed by atoms with Crippen molar-refractivity contribution in [3.63, 3.8) is 0 Å². The van der Waals surface area contributed by atoms with Crippen LogP contribution in [-0.4, -0.2) is 31.0 Å². The molecule has 0 aliphatic rings. The molecule has 5 heteroatoms. The van der Waals surface area contributed by atoms with Gasteiger partial charge in [0.15, 0.2) is 0 Å². The van der Waals surface area contributed by atoms with Crippen molar-refractivity contribution < 1.29 is 19.1 Å². The first-order chi connectivity index (χ1) is 12.2. The number of esters is 2. The van der Waals surface area contributed by atoms with Crippen molar-refractivity contribution in [1.29, 1.82) is 0 Å². The van der Waals surface area contributed by atoms with Crippen LogP contribution in [0.25, 0.3) is 0 Å². The number of carbonyl (C=O) groups excluding carboxylic acids is 2. The number of hydrogen-bond donors (Lipinski definition) is 0. The van der Waals surface area contributed by atoms with E-state index in [1.165, 1.54) is 0 Å². The topological polar surface area (TPSA) is 52.6 Å². The lowest BCUT2D eigenvalue weighted by molar-refractivity contribution is 0.0451. The van der Waals surface area contributed by atoms with Crippen LogP contribution in [0.3, 0.4) is 0 Å². The first-order valence-electron chi connectivity index (χ1n) is 9.20. The highest BCUT2D eigenvalue weighted by Crippen LogP contribution is 2.13. The Labute approximate surface area is 155 Å². The van der Waals surface area contributed by atoms with E-state index in [2.05, 4.69) is 0 Å². The Kier molecular flexibility index (Phi) is 11.8. The fraction of sp³-hybridized carbons (Fsp3) is 0.600. The van der Waals surface area contributed by atoms with Crippen molar-refractivity contribution in [1.82, 2.24) is 0 Å². The summed E-state index contributed by atoms with van der Waals surface area (Å²) in [5.74, 6) is -0.219. The predicted molar refractivity (Wildman–Crippen MR) is 100 cm³/mol. The SMILES string of the molecule is CCCCOC(=O)c1ccccc1C(=O)OCCCCCCCCCl. The van der Waals surface area contributed by atoms with Crippen LogP contribution in [0.1, 0.15) is 79.0 Å². The zero-order valence-electron chi connectivity index (χ0n) is 15.1. The second-order valence-corrected chi connectivity index (χ2v) is 6.36. The van der Waals surface area contributed by atoms with E-state index < -0.39 is 11.9 Å². The molecule has 0 aliphatic heterocycles. The van der Waals surface area contributed by atoms with Crippen molar-refractivity contribution in [2.24, 2.45) is 0 Å². The van der Waals surface area contributed by atoms with Crippen LogP contribution in [-0.2, 0) is 9.47 Å². The van der Waals surface area contributed by atoms with Gasteiger partial charge in [-0.05, 0) is 31.4 Å². The van der Waals surface area contributed by atoms with Gasteiger partial charge in [0.2, 0.25) is 0 Å². The Balaban J connectivity index is 2.38. The lowest BCUT2D eigenvalue weighted by Crippen LogP contribution is -2.15. The van der Waals surface area contributed by atoms with E-state index >= 15 is 0 Å². The molecule has 0 spiro atoms. The van der Waals surface area contributed by atoms with Crippen molar-refractivity contribution in [3.05, 3.63) is 35.4 Å². The van der Waals surface area contributed by atoms with Crippen LogP contribution in [0, 0.1) is 0 Å². The van der Waals surface area contributed by atoms with Gasteiger partial charge in [-0.1, -0.05) is 51.2 Å². The second-order valence-electron chi connectivity index (χ2n) is 5.98. The molecule has 0 aliphatic carbocycles. The summed E-state index contributed by atoms with van der Waals surface area (Å²) in [5.41, 5.74) is 0.538. The molecule has 1 rings (SSSR count). The molecule has 25 heavy (non-hydrogen) atoms. The first-order valence-corrected chi connectivity index (χ1v) is 9.73. The van der Waals surface area contributed by atoms with Crippen LogP contribution < -0.4 is 0 Å². The van der Waals surface area contributed by atoms with E-state index in [1.54, 1.807) is 24.3 Å². The van der Waals surface area contributed by atoms with Crippen LogP contribution in [0.15, 0.2) is 24.3 Å². The van der Waals surface area contributed by atoms with Gasteiger partial charge >= 0.3 is 11.9 Å². The third kappa shape index (κ3) is 8.92. The molecule has 0 bridgehead atoms. The van der Waals surface area contributed by atoms with Gasteiger partial charge in [0, 0.05) is 5.88 Å². The Hall–Kier alpha value is -1.55. The number of benzene rings is 1. The van der Waals surface area contributed by atoms with Gasteiger partial charge in [-0.3, -0.25) is 0 Å². The minimum absolute atomic E-state index is 0.268. The van der Waals surface area contributed by atoms with Gasteiger partial charge in [-0.2, -0.15) is 0 Å². The fourth-order valence-electron chi connectivity index (χ4n) is 2.37. The van der Waals surface area contributed by atoms with Gasteiger partial charge in [-0.25, -0.2) is 9.59 Å². The second kappa shape index (κ2) is 13.7. The first kappa shape index (κ1) is 21.5. The molecule has 0 atom stereocenters. The Bertz CT molecular complexity index is 516. The summed E-state index contributed by atoms with van der Waals surface area (Å²) in [4.78, 5) is 24.3. The van der Waals surface area contributed by atoms with Gasteiger partial charge < -0.3 is 9.47 Å². The van der Waals surface area contributed by atoms with Gasteiger partial charge in [-0.15, -0.1) is 11.6 Å². The lowest BCUT2D eigenvalue weighted by Gasteiger charge is -2.09. The largest absolute Gasteiger partial charge is 0.462 e. The van der Waals surface area contributed by atoms with Crippen molar-refractivity contribution >= 4 is 23.5 Å². The average Bonchev–Trinajstić information content (AvgIpc) is 2.64. The number of carbonyl (C=O) groups is 2. The highest BCUT2D eigenvalue weighted by atomic mass is 35.5. The predicted octanol–water partition coefficient (Wildman–Crippen LogP) is 5.38. The van der Waals surface area contributed by atoms with Crippen molar-refractivity contribution in [3.8, 4) is 0 Å². The summed E-state index contributed by atoms with van der Waals surface area (Å²) < 4.78 is 10.5. The highest BCUT2D eigenvalue weighted by molar-refractivity contribution is 6.17. The summed E-state index contributed by atoms with van der Waals surface area (Å²) in [5, 5.41) is 0. The number of alkyl halides is 1. The molecular weight excluding hydrogens is 340 g/mol. The third-order valence-corrected chi connectivity index (χ3v) is 4.13. The molecule has 0 unspecified atom stereocenters. The van der Waals surface area contributed by atoms with Crippen LogP contribution in [0.4, 0.5) is 0 Å². The maximum Gasteiger partial charge on any atom is 0.339 e. The highest BCUT2D eigenvalue weighted by Gasteiger charge is 2.18. The quantitative estimate of drug-likeness (QED) is 0.266. The minimum Gasteiger partial charge on any atom is -0.462 e. The summed E-state index contributed by atoms with van der Waals surface area (Å²) >= 11 is 5.64. The van der Waals surface area contributed by atoms with Crippen molar-refractivity contribution in [2.75, 3.05) is 19.1 Å². The van der Waals surface area contributed by atoms with E-state index in [-0.39, 0.29) is 11.1 Å². The number of halogens is 1. The smallest absolute Gasteiger partial charge is 0.339 e. The molecule has 0 saturated carbocycles. The number of ether oxygens (including phenoxy) is 2. The fourth-order valence-corrected chi connectivity index (χ4v) is 2.56. The summed E-state index contributed by atoms with van der Waals surface area (Å²) in [7, 11) is 0. The zero-order valence-corrected chi connectivity index (χ0v) is 15.9. The van der Waals surface area contributed by atoms with E-state index in [0.29, 0.717) is 13.2 Å². The molecule has 0 fully saturated rings. The molecule has 0 radical (unpaired) electrons. The molecule has 1 aromatic rings. The molecule has 0 heterocycles. The van der Waals surface area contributed by atoms with E-state index in [4.69, 9.17) is 21.1 Å². The Morgan fingerprint density at radius 1 is 0.800 bits per heavy atom.